The Morgan fingerprint density at radius 2 is 1.12 bits per heavy atom. The fourth-order valence-electron chi connectivity index (χ4n) is 1.41. The largest absolute Gasteiger partial charge is 0.0836 e. The van der Waals surface area contributed by atoms with Crippen LogP contribution < -0.4 is 0 Å². The molecule has 0 aliphatic carbocycles. The van der Waals surface area contributed by atoms with Gasteiger partial charge in [0.2, 0.25) is 0 Å². The van der Waals surface area contributed by atoms with Crippen LogP contribution >= 0.6 is 58.0 Å². The molecule has 0 N–H and O–H groups in total. The molecule has 0 nitrogen and oxygen atoms in total. The van der Waals surface area contributed by atoms with Crippen LogP contribution in [0.4, 0.5) is 0 Å². The van der Waals surface area contributed by atoms with Crippen molar-refractivity contribution < 1.29 is 0 Å². The lowest BCUT2D eigenvalue weighted by Gasteiger charge is -2.07. The molecule has 0 amide bonds. The highest BCUT2D eigenvalue weighted by molar-refractivity contribution is 6.44. The van der Waals surface area contributed by atoms with Gasteiger partial charge in [0.15, 0.2) is 0 Å². The summed E-state index contributed by atoms with van der Waals surface area (Å²) in [6.07, 6.45) is 0. The third kappa shape index (κ3) is 2.83. The summed E-state index contributed by atoms with van der Waals surface area (Å²) < 4.78 is 0. The van der Waals surface area contributed by atoms with Crippen molar-refractivity contribution in [1.29, 1.82) is 0 Å². The van der Waals surface area contributed by atoms with Crippen molar-refractivity contribution in [3.8, 4) is 11.1 Å². The molecular weight excluding hydrogens is 326 g/mol. The van der Waals surface area contributed by atoms with E-state index in [-0.39, 0.29) is 0 Å². The lowest BCUT2D eigenvalue weighted by Crippen LogP contribution is -1.82. The van der Waals surface area contributed by atoms with Gasteiger partial charge in [-0.05, 0) is 29.8 Å². The maximum absolute atomic E-state index is 6.11. The molecule has 0 aliphatic rings. The summed E-state index contributed by atoms with van der Waals surface area (Å²) in [6, 6.07) is 8.56. The Labute approximate surface area is 124 Å². The van der Waals surface area contributed by atoms with Crippen molar-refractivity contribution >= 4 is 58.0 Å². The lowest BCUT2D eigenvalue weighted by atomic mass is 10.2. The molecule has 0 heterocycles. The average molecular weight is 331 g/mol. The second-order valence-corrected chi connectivity index (χ2v) is 5.41. The van der Waals surface area contributed by atoms with Crippen molar-refractivity contribution in [3.05, 3.63) is 55.4 Å². The Kier molecular flexibility index (Phi) is 4.12. The van der Waals surface area contributed by atoms with Gasteiger partial charge in [-0.15, -0.1) is 0 Å². The van der Waals surface area contributed by atoms with E-state index < -0.39 is 0 Å². The molecule has 0 aliphatic heterocycles. The number of halogens is 5. The molecule has 0 saturated carbocycles. The molecule has 2 aromatic carbocycles. The maximum Gasteiger partial charge on any atom is 0.0607 e. The van der Waals surface area contributed by atoms with Crippen molar-refractivity contribution in [3.63, 3.8) is 0 Å². The molecule has 0 fully saturated rings. The molecule has 2 rings (SSSR count). The SMILES string of the molecule is Cl[13c]1c[13c](Cl)[13c](Cl)cc1-c1cc[13c](Cl)[13c](Cl)c1. The predicted molar refractivity (Wildman–Crippen MR) is 76.9 cm³/mol. The van der Waals surface area contributed by atoms with Crippen molar-refractivity contribution in [2.45, 2.75) is 0 Å². The van der Waals surface area contributed by atoms with Crippen LogP contribution in [0.1, 0.15) is 0 Å². The topological polar surface area (TPSA) is 0 Å². The third-order valence-electron chi connectivity index (χ3n) is 2.24. The molecule has 0 saturated heterocycles. The number of hydrogen-bond acceptors (Lipinski definition) is 0. The fraction of sp³-hybridized carbons (Fsp3) is 0. The Hall–Kier alpha value is -0.110. The lowest BCUT2D eigenvalue weighted by molar-refractivity contribution is 1.61. The zero-order valence-electron chi connectivity index (χ0n) is 8.28. The van der Waals surface area contributed by atoms with Crippen LogP contribution in [-0.2, 0) is 0 Å². The summed E-state index contributed by atoms with van der Waals surface area (Å²) >= 11 is 29.7. The standard InChI is InChI=1S/C12H5Cl5/c13-8-2-1-6(3-10(8)15)7-4-11(16)12(17)5-9(7)14/h1-5H/i8+1,9+1,10+1,11+1,12+1. The Morgan fingerprint density at radius 1 is 0.529 bits per heavy atom. The zero-order chi connectivity index (χ0) is 12.6. The molecule has 0 radical (unpaired) electrons. The van der Waals surface area contributed by atoms with E-state index in [0.29, 0.717) is 25.1 Å². The molecule has 0 unspecified atom stereocenters. The molecule has 0 spiro atoms. The van der Waals surface area contributed by atoms with E-state index >= 15 is 0 Å². The molecule has 0 bridgehead atoms. The number of hydrogen-bond donors (Lipinski definition) is 0. The van der Waals surface area contributed by atoms with Gasteiger partial charge in [-0.1, -0.05) is 64.1 Å². The van der Waals surface area contributed by atoms with Gasteiger partial charge in [0, 0.05) is 10.6 Å². The quantitative estimate of drug-likeness (QED) is 0.515. The molecule has 17 heavy (non-hydrogen) atoms. The number of rotatable bonds is 1. The van der Waals surface area contributed by atoms with Crippen LogP contribution in [0.3, 0.4) is 0 Å². The molecule has 2 aromatic rings. The second kappa shape index (κ2) is 5.26. The summed E-state index contributed by atoms with van der Waals surface area (Å²) in [4.78, 5) is 0. The van der Waals surface area contributed by atoms with E-state index in [0.717, 1.165) is 11.1 Å². The van der Waals surface area contributed by atoms with Gasteiger partial charge in [-0.25, -0.2) is 0 Å². The predicted octanol–water partition coefficient (Wildman–Crippen LogP) is 6.62. The fourth-order valence-corrected chi connectivity index (χ4v) is 2.36. The Bertz CT molecular complexity index is 577. The van der Waals surface area contributed by atoms with E-state index in [1.807, 2.05) is 6.07 Å². The van der Waals surface area contributed by atoms with Crippen molar-refractivity contribution in [2.75, 3.05) is 0 Å². The van der Waals surface area contributed by atoms with Gasteiger partial charge < -0.3 is 0 Å². The highest BCUT2D eigenvalue weighted by Crippen LogP contribution is 2.37. The summed E-state index contributed by atoms with van der Waals surface area (Å²) in [7, 11) is 0. The second-order valence-electron chi connectivity index (χ2n) is 3.38. The van der Waals surface area contributed by atoms with Gasteiger partial charge in [0.25, 0.3) is 0 Å². The summed E-state index contributed by atoms with van der Waals surface area (Å²) in [5, 5.41) is 2.33. The minimum Gasteiger partial charge on any atom is -0.0836 e. The Balaban J connectivity index is 2.60. The van der Waals surface area contributed by atoms with Crippen LogP contribution in [0.15, 0.2) is 30.3 Å². The van der Waals surface area contributed by atoms with Crippen LogP contribution in [0.2, 0.25) is 25.1 Å². The highest BCUT2D eigenvalue weighted by Gasteiger charge is 2.09. The summed E-state index contributed by atoms with van der Waals surface area (Å²) in [5.74, 6) is 0. The normalized spacial score (nSPS) is 10.6. The summed E-state index contributed by atoms with van der Waals surface area (Å²) in [5.41, 5.74) is 1.60. The van der Waals surface area contributed by atoms with Gasteiger partial charge >= 0.3 is 0 Å². The van der Waals surface area contributed by atoms with Gasteiger partial charge in [-0.3, -0.25) is 0 Å². The first-order chi connectivity index (χ1) is 7.99. The third-order valence-corrected chi connectivity index (χ3v) is 4.01. The van der Waals surface area contributed by atoms with E-state index in [1.165, 1.54) is 0 Å². The van der Waals surface area contributed by atoms with Crippen LogP contribution in [0.25, 0.3) is 11.1 Å². The van der Waals surface area contributed by atoms with E-state index in [9.17, 15) is 0 Å². The van der Waals surface area contributed by atoms with Crippen LogP contribution in [-0.4, -0.2) is 0 Å². The highest BCUT2D eigenvalue weighted by atomic mass is 35.5. The molecule has 0 atom stereocenters. The summed E-state index contributed by atoms with van der Waals surface area (Å²) in [6.45, 7) is 0. The van der Waals surface area contributed by atoms with E-state index in [4.69, 9.17) is 58.0 Å². The molecule has 88 valence electrons. The monoisotopic (exact) mass is 329 g/mol. The van der Waals surface area contributed by atoms with E-state index in [1.54, 1.807) is 24.3 Å². The van der Waals surface area contributed by atoms with Crippen LogP contribution in [0, 0.1) is 0 Å². The first kappa shape index (κ1) is 13.3. The van der Waals surface area contributed by atoms with Crippen LogP contribution in [0.5, 0.6) is 0 Å². The minimum atomic E-state index is 0.417. The van der Waals surface area contributed by atoms with Gasteiger partial charge in [-0.2, -0.15) is 0 Å². The van der Waals surface area contributed by atoms with E-state index in [2.05, 4.69) is 0 Å². The van der Waals surface area contributed by atoms with Gasteiger partial charge in [0.1, 0.15) is 0 Å². The minimum absolute atomic E-state index is 0.417. The zero-order valence-corrected chi connectivity index (χ0v) is 12.1. The Morgan fingerprint density at radius 3 is 1.76 bits per heavy atom. The number of benzene rings is 2. The van der Waals surface area contributed by atoms with Crippen molar-refractivity contribution in [2.24, 2.45) is 0 Å². The first-order valence-corrected chi connectivity index (χ1v) is 6.48. The van der Waals surface area contributed by atoms with Crippen molar-refractivity contribution in [1.82, 2.24) is 0 Å². The van der Waals surface area contributed by atoms with Gasteiger partial charge in [0.05, 0.1) is 20.1 Å². The molecule has 0 aromatic heterocycles. The molecule has 5 heteroatoms. The maximum atomic E-state index is 6.11. The average Bonchev–Trinajstić information content (AvgIpc) is 2.27. The smallest absolute Gasteiger partial charge is 0.0607 e. The first-order valence-electron chi connectivity index (χ1n) is 4.59. The molecular formula is C12H5Cl5.